The Hall–Kier alpha value is -5.16. The Balaban J connectivity index is 1.33. The van der Waals surface area contributed by atoms with E-state index in [-0.39, 0.29) is 46.2 Å². The molecule has 0 aromatic heterocycles. The number of hydrogen-bond acceptors (Lipinski definition) is 12. The summed E-state index contributed by atoms with van der Waals surface area (Å²) in [5.41, 5.74) is 13.6. The van der Waals surface area contributed by atoms with Crippen LogP contribution in [0.25, 0.3) is 10.4 Å². The maximum atomic E-state index is 12.5. The number of nitrogens with one attached hydrogen (secondary N) is 1. The number of aliphatic hydroxyl groups is 1. The highest BCUT2D eigenvalue weighted by Crippen LogP contribution is 2.35. The minimum absolute atomic E-state index is 0.0234. The summed E-state index contributed by atoms with van der Waals surface area (Å²) in [6, 6.07) is 34.0. The third-order valence-corrected chi connectivity index (χ3v) is 10.2. The predicted molar refractivity (Wildman–Crippen MR) is 224 cm³/mol. The van der Waals surface area contributed by atoms with Crippen LogP contribution in [0.2, 0.25) is 0 Å². The van der Waals surface area contributed by atoms with Crippen molar-refractivity contribution in [2.24, 2.45) is 5.11 Å². The van der Waals surface area contributed by atoms with E-state index in [4.69, 9.17) is 42.6 Å². The van der Waals surface area contributed by atoms with Crippen LogP contribution in [0.4, 0.5) is 0 Å². The highest BCUT2D eigenvalue weighted by Gasteiger charge is 2.53. The summed E-state index contributed by atoms with van der Waals surface area (Å²) in [6.45, 7) is 5.88. The second-order valence-corrected chi connectivity index (χ2v) is 14.6. The Bertz CT molecular complexity index is 1960. The van der Waals surface area contributed by atoms with E-state index < -0.39 is 67.2 Å². The zero-order chi connectivity index (χ0) is 42.8. The lowest BCUT2D eigenvalue weighted by Gasteiger charge is -2.49. The Kier molecular flexibility index (Phi) is 17.7. The van der Waals surface area contributed by atoms with Gasteiger partial charge in [-0.05, 0) is 39.9 Å². The van der Waals surface area contributed by atoms with Crippen LogP contribution in [0.15, 0.2) is 133 Å². The first-order chi connectivity index (χ1) is 29.9. The van der Waals surface area contributed by atoms with E-state index in [0.717, 1.165) is 22.3 Å². The van der Waals surface area contributed by atoms with E-state index in [0.29, 0.717) is 5.75 Å². The molecule has 4 aromatic carbocycles. The molecular weight excluding hydrogens is 785 g/mol. The smallest absolute Gasteiger partial charge is 0.217 e. The highest BCUT2D eigenvalue weighted by atomic mass is 16.7. The van der Waals surface area contributed by atoms with Crippen LogP contribution in [-0.4, -0.2) is 99.2 Å². The summed E-state index contributed by atoms with van der Waals surface area (Å²) in [5, 5.41) is 19.1. The van der Waals surface area contributed by atoms with Crippen molar-refractivity contribution in [2.45, 2.75) is 94.6 Å². The van der Waals surface area contributed by atoms with Crippen molar-refractivity contribution in [3.8, 4) is 5.75 Å². The first-order valence-electron chi connectivity index (χ1n) is 20.2. The zero-order valence-corrected chi connectivity index (χ0v) is 34.3. The molecule has 0 spiro atoms. The van der Waals surface area contributed by atoms with Crippen LogP contribution in [0.5, 0.6) is 5.75 Å². The van der Waals surface area contributed by atoms with Gasteiger partial charge in [-0.25, -0.2) is 0 Å². The van der Waals surface area contributed by atoms with Gasteiger partial charge in [0.2, 0.25) is 5.91 Å². The number of carbonyl (C=O) groups is 1. The van der Waals surface area contributed by atoms with Crippen LogP contribution in [0.3, 0.4) is 0 Å². The van der Waals surface area contributed by atoms with Gasteiger partial charge in [0, 0.05) is 11.8 Å². The van der Waals surface area contributed by atoms with Gasteiger partial charge >= 0.3 is 0 Å². The van der Waals surface area contributed by atoms with Crippen LogP contribution < -0.4 is 10.1 Å². The molecule has 2 heterocycles. The Morgan fingerprint density at radius 2 is 1.25 bits per heavy atom. The van der Waals surface area contributed by atoms with Gasteiger partial charge < -0.3 is 53.1 Å². The van der Waals surface area contributed by atoms with Crippen molar-refractivity contribution in [3.05, 3.63) is 161 Å². The number of aliphatic hydroxyl groups excluding tert-OH is 1. The quantitative estimate of drug-likeness (QED) is 0.0399. The molecule has 0 radical (unpaired) electrons. The fourth-order valence-electron chi connectivity index (χ4n) is 7.20. The summed E-state index contributed by atoms with van der Waals surface area (Å²) >= 11 is 0. The number of nitrogens with zero attached hydrogens (tertiary/aromatic N) is 3. The molecule has 15 heteroatoms. The van der Waals surface area contributed by atoms with E-state index in [1.165, 1.54) is 13.0 Å². The summed E-state index contributed by atoms with van der Waals surface area (Å²) in [6.07, 6.45) is -7.15. The molecule has 2 saturated heterocycles. The average molecular weight is 839 g/mol. The number of benzene rings is 4. The first kappa shape index (κ1) is 45.4. The fraction of sp³-hybridized carbons (Fsp3) is 0.413. The highest BCUT2D eigenvalue weighted by molar-refractivity contribution is 5.73. The predicted octanol–water partition coefficient (Wildman–Crippen LogP) is 6.18. The number of rotatable bonds is 22. The van der Waals surface area contributed by atoms with E-state index in [1.807, 2.05) is 115 Å². The number of methoxy groups -OCH3 is 1. The molecule has 2 N–H and O–H groups in total. The van der Waals surface area contributed by atoms with Gasteiger partial charge in [-0.15, -0.1) is 6.58 Å². The summed E-state index contributed by atoms with van der Waals surface area (Å²) in [7, 11) is 1.60. The molecule has 61 heavy (non-hydrogen) atoms. The lowest BCUT2D eigenvalue weighted by atomic mass is 9.94. The van der Waals surface area contributed by atoms with E-state index in [2.05, 4.69) is 21.9 Å². The van der Waals surface area contributed by atoms with Crippen LogP contribution in [-0.2, 0) is 69.1 Å². The van der Waals surface area contributed by atoms with Crippen molar-refractivity contribution in [1.29, 1.82) is 0 Å². The number of azide groups is 1. The molecule has 4 aromatic rings. The topological polar surface area (TPSA) is 181 Å². The molecule has 0 bridgehead atoms. The second kappa shape index (κ2) is 23.7. The fourth-order valence-corrected chi connectivity index (χ4v) is 7.20. The van der Waals surface area contributed by atoms with E-state index in [1.54, 1.807) is 7.11 Å². The third-order valence-electron chi connectivity index (χ3n) is 10.2. The number of carbonyl (C=O) groups excluding carboxylic acids is 1. The SMILES string of the molecule is C=CCO[C@H]1O[C@H](COCc2ccccc2)[C@@H](O[C@@H]2O[C@H](COCc3ccccc3)[C@@H](OCc3ccc(OC)cc3)[C@H](OCc3ccccc3)[C@H]2N=[N+]=[N-])[C@H](O)[C@H]1NC(C)=O. The van der Waals surface area contributed by atoms with Gasteiger partial charge in [0.1, 0.15) is 54.5 Å². The summed E-state index contributed by atoms with van der Waals surface area (Å²) in [4.78, 5) is 15.7. The molecule has 324 valence electrons. The maximum Gasteiger partial charge on any atom is 0.217 e. The van der Waals surface area contributed by atoms with Crippen molar-refractivity contribution in [2.75, 3.05) is 26.9 Å². The molecule has 0 aliphatic carbocycles. The normalized spacial score (nSPS) is 26.1. The van der Waals surface area contributed by atoms with Crippen LogP contribution >= 0.6 is 0 Å². The van der Waals surface area contributed by atoms with Crippen LogP contribution in [0, 0.1) is 0 Å². The molecule has 2 aliphatic heterocycles. The summed E-state index contributed by atoms with van der Waals surface area (Å²) < 4.78 is 56.8. The lowest BCUT2D eigenvalue weighted by molar-refractivity contribution is -0.337. The van der Waals surface area contributed by atoms with Gasteiger partial charge in [0.15, 0.2) is 12.6 Å². The van der Waals surface area contributed by atoms with Gasteiger partial charge in [-0.3, -0.25) is 4.79 Å². The molecule has 0 unspecified atom stereocenters. The Morgan fingerprint density at radius 3 is 1.77 bits per heavy atom. The Morgan fingerprint density at radius 1 is 0.738 bits per heavy atom. The van der Waals surface area contributed by atoms with Crippen molar-refractivity contribution < 1.29 is 52.5 Å². The largest absolute Gasteiger partial charge is 0.497 e. The number of hydrogen-bond donors (Lipinski definition) is 2. The molecule has 0 saturated carbocycles. The molecular formula is C46H54N4O11. The molecule has 6 rings (SSSR count). The van der Waals surface area contributed by atoms with Crippen LogP contribution in [0.1, 0.15) is 29.2 Å². The number of ether oxygens (including phenoxy) is 9. The maximum absolute atomic E-state index is 12.5. The summed E-state index contributed by atoms with van der Waals surface area (Å²) in [5.74, 6) is 0.265. The van der Waals surface area contributed by atoms with Gasteiger partial charge in [-0.1, -0.05) is 114 Å². The average Bonchev–Trinajstić information content (AvgIpc) is 3.28. The minimum Gasteiger partial charge on any atom is -0.497 e. The molecule has 15 nitrogen and oxygen atoms in total. The van der Waals surface area contributed by atoms with Gasteiger partial charge in [0.05, 0.1) is 53.4 Å². The Labute approximate surface area is 356 Å². The van der Waals surface area contributed by atoms with E-state index in [9.17, 15) is 15.4 Å². The van der Waals surface area contributed by atoms with E-state index >= 15 is 0 Å². The number of amides is 1. The monoisotopic (exact) mass is 838 g/mol. The van der Waals surface area contributed by atoms with Crippen molar-refractivity contribution >= 4 is 5.91 Å². The van der Waals surface area contributed by atoms with Crippen molar-refractivity contribution in [3.63, 3.8) is 0 Å². The van der Waals surface area contributed by atoms with Gasteiger partial charge in [0.25, 0.3) is 0 Å². The zero-order valence-electron chi connectivity index (χ0n) is 34.3. The van der Waals surface area contributed by atoms with Gasteiger partial charge in [-0.2, -0.15) is 0 Å². The molecule has 1 amide bonds. The standard InChI is InChI=1S/C46H54N4O11/c1-4-24-56-45-39(48-31(2)51)41(52)42(37(59-45)29-54-25-32-14-8-5-9-15-32)61-46-40(49-50-47)44(58-27-34-18-12-7-13-19-34)43(57-28-35-20-22-36(53-3)23-21-35)38(60-46)30-55-26-33-16-10-6-11-17-33/h4-23,37-46,52H,1,24-30H2,2-3H3,(H,48,51)/t37-,38-,39-,40-,41-,42-,43-,44-,45+,46+/m1/s1. The lowest BCUT2D eigenvalue weighted by Crippen LogP contribution is -2.67. The molecule has 2 fully saturated rings. The molecule has 10 atom stereocenters. The second-order valence-electron chi connectivity index (χ2n) is 14.6. The first-order valence-corrected chi connectivity index (χ1v) is 20.2. The third kappa shape index (κ3) is 13.2. The minimum atomic E-state index is -1.42. The molecule has 2 aliphatic rings. The van der Waals surface area contributed by atoms with Crippen molar-refractivity contribution in [1.82, 2.24) is 5.32 Å².